The van der Waals surface area contributed by atoms with Crippen molar-refractivity contribution in [2.75, 3.05) is 0 Å². The van der Waals surface area contributed by atoms with E-state index in [1.165, 1.54) is 27.8 Å². The molecule has 2 nitrogen and oxygen atoms in total. The van der Waals surface area contributed by atoms with Crippen LogP contribution in [0.4, 0.5) is 0 Å². The molecular formula is C26H28N2. The van der Waals surface area contributed by atoms with Crippen molar-refractivity contribution in [2.24, 2.45) is 5.92 Å². The third kappa shape index (κ3) is 4.01. The zero-order chi connectivity index (χ0) is 19.3. The van der Waals surface area contributed by atoms with Gasteiger partial charge in [-0.15, -0.1) is 0 Å². The van der Waals surface area contributed by atoms with Crippen LogP contribution >= 0.6 is 0 Å². The molecule has 2 heteroatoms. The van der Waals surface area contributed by atoms with Crippen molar-refractivity contribution >= 4 is 11.0 Å². The Kier molecular flexibility index (Phi) is 5.57. The van der Waals surface area contributed by atoms with Crippen LogP contribution in [0.1, 0.15) is 37.0 Å². The van der Waals surface area contributed by atoms with Gasteiger partial charge in [-0.3, -0.25) is 0 Å². The summed E-state index contributed by atoms with van der Waals surface area (Å²) in [7, 11) is 0. The summed E-state index contributed by atoms with van der Waals surface area (Å²) in [6.07, 6.45) is 6.22. The van der Waals surface area contributed by atoms with E-state index >= 15 is 0 Å². The molecule has 28 heavy (non-hydrogen) atoms. The van der Waals surface area contributed by atoms with Gasteiger partial charge in [0, 0.05) is 0 Å². The number of H-pyrrole nitrogens is 1. The Bertz CT molecular complexity index is 1040. The minimum absolute atomic E-state index is 0.625. The maximum Gasteiger partial charge on any atom is 0.0931 e. The molecule has 0 aliphatic rings. The summed E-state index contributed by atoms with van der Waals surface area (Å²) in [4.78, 5) is 7.85. The van der Waals surface area contributed by atoms with Crippen LogP contribution in [-0.4, -0.2) is 9.97 Å². The number of nitrogens with zero attached hydrogens (tertiary/aromatic N) is 1. The molecule has 0 atom stereocenters. The van der Waals surface area contributed by atoms with Crippen molar-refractivity contribution in [3.05, 3.63) is 89.7 Å². The van der Waals surface area contributed by atoms with Crippen molar-refractivity contribution in [1.29, 1.82) is 0 Å². The first kappa shape index (κ1) is 18.5. The van der Waals surface area contributed by atoms with Crippen molar-refractivity contribution in [2.45, 2.75) is 39.5 Å². The summed E-state index contributed by atoms with van der Waals surface area (Å²) in [6.45, 7) is 4.57. The fraction of sp³-hybridized carbons (Fsp3) is 0.269. The minimum Gasteiger partial charge on any atom is -0.345 e. The van der Waals surface area contributed by atoms with Gasteiger partial charge in [-0.05, 0) is 65.5 Å². The summed E-state index contributed by atoms with van der Waals surface area (Å²) < 4.78 is 0. The fourth-order valence-electron chi connectivity index (χ4n) is 4.09. The lowest BCUT2D eigenvalue weighted by molar-refractivity contribution is 0.643. The quantitative estimate of drug-likeness (QED) is 0.391. The van der Waals surface area contributed by atoms with Gasteiger partial charge < -0.3 is 4.98 Å². The second-order valence-electron chi connectivity index (χ2n) is 7.98. The molecule has 0 fully saturated rings. The Hall–Kier alpha value is -2.87. The summed E-state index contributed by atoms with van der Waals surface area (Å²) in [5, 5.41) is 0. The fourth-order valence-corrected chi connectivity index (χ4v) is 4.09. The maximum absolute atomic E-state index is 4.60. The van der Waals surface area contributed by atoms with E-state index in [1.54, 1.807) is 0 Å². The Balaban J connectivity index is 1.54. The summed E-state index contributed by atoms with van der Waals surface area (Å²) in [5.74, 6) is 0.625. The number of aromatic nitrogens is 2. The van der Waals surface area contributed by atoms with Crippen LogP contribution < -0.4 is 0 Å². The van der Waals surface area contributed by atoms with Gasteiger partial charge in [-0.1, -0.05) is 74.5 Å². The van der Waals surface area contributed by atoms with Crippen LogP contribution in [0.2, 0.25) is 0 Å². The van der Waals surface area contributed by atoms with E-state index in [4.69, 9.17) is 0 Å². The van der Waals surface area contributed by atoms with E-state index in [0.717, 1.165) is 36.7 Å². The van der Waals surface area contributed by atoms with Gasteiger partial charge in [0.05, 0.1) is 17.4 Å². The molecule has 1 N–H and O–H groups in total. The minimum atomic E-state index is 0.625. The largest absolute Gasteiger partial charge is 0.345 e. The molecule has 0 saturated carbocycles. The zero-order valence-corrected chi connectivity index (χ0v) is 16.8. The molecule has 1 aromatic heterocycles. The molecule has 3 aromatic carbocycles. The number of aryl methyl sites for hydroxylation is 2. The smallest absolute Gasteiger partial charge is 0.0931 e. The first-order chi connectivity index (χ1) is 13.7. The van der Waals surface area contributed by atoms with Crippen molar-refractivity contribution < 1.29 is 0 Å². The first-order valence-corrected chi connectivity index (χ1v) is 10.3. The number of nitrogens with one attached hydrogen (secondary N) is 1. The number of hydrogen-bond acceptors (Lipinski definition) is 1. The Morgan fingerprint density at radius 1 is 0.821 bits per heavy atom. The zero-order valence-electron chi connectivity index (χ0n) is 16.8. The number of benzene rings is 3. The van der Waals surface area contributed by atoms with E-state index in [2.05, 4.69) is 90.5 Å². The Morgan fingerprint density at radius 2 is 1.57 bits per heavy atom. The summed E-state index contributed by atoms with van der Waals surface area (Å²) in [5.41, 5.74) is 9.25. The molecule has 0 radical (unpaired) electrons. The molecule has 0 spiro atoms. The number of imidazole rings is 1. The second-order valence-corrected chi connectivity index (χ2v) is 7.98. The van der Waals surface area contributed by atoms with Gasteiger partial charge in [0.25, 0.3) is 0 Å². The molecule has 4 aromatic rings. The van der Waals surface area contributed by atoms with Gasteiger partial charge in [-0.2, -0.15) is 0 Å². The van der Waals surface area contributed by atoms with E-state index in [-0.39, 0.29) is 0 Å². The topological polar surface area (TPSA) is 28.7 Å². The molecule has 0 bridgehead atoms. The Morgan fingerprint density at radius 3 is 2.39 bits per heavy atom. The molecule has 0 aliphatic carbocycles. The number of rotatable bonds is 7. The molecule has 0 amide bonds. The van der Waals surface area contributed by atoms with Crippen molar-refractivity contribution in [3.8, 4) is 11.1 Å². The number of hydrogen-bond donors (Lipinski definition) is 1. The van der Waals surface area contributed by atoms with Crippen LogP contribution in [-0.2, 0) is 19.3 Å². The lowest BCUT2D eigenvalue weighted by Crippen LogP contribution is -2.02. The van der Waals surface area contributed by atoms with E-state index < -0.39 is 0 Å². The lowest BCUT2D eigenvalue weighted by Gasteiger charge is -2.14. The summed E-state index contributed by atoms with van der Waals surface area (Å²) in [6, 6.07) is 24.0. The molecule has 0 saturated heterocycles. The average molecular weight is 369 g/mol. The van der Waals surface area contributed by atoms with Crippen LogP contribution in [0, 0.1) is 5.92 Å². The van der Waals surface area contributed by atoms with Gasteiger partial charge in [0.1, 0.15) is 0 Å². The lowest BCUT2D eigenvalue weighted by atomic mass is 9.91. The monoisotopic (exact) mass is 368 g/mol. The van der Waals surface area contributed by atoms with Crippen LogP contribution in [0.15, 0.2) is 73.1 Å². The number of fused-ring (bicyclic) bond motifs is 1. The average Bonchev–Trinajstić information content (AvgIpc) is 3.19. The molecule has 0 unspecified atom stereocenters. The standard InChI is InChI=1S/C26H28N2/c1-19(2)17-24-22(15-16-25-26(24)28-18-27-25)13-8-12-21-11-6-7-14-23(21)20-9-4-3-5-10-20/h3-7,9-11,14-16,18-19H,8,12-13,17H2,1-2H3,(H,27,28). The van der Waals surface area contributed by atoms with Gasteiger partial charge >= 0.3 is 0 Å². The third-order valence-electron chi connectivity index (χ3n) is 5.40. The van der Waals surface area contributed by atoms with Crippen LogP contribution in [0.25, 0.3) is 22.2 Å². The highest BCUT2D eigenvalue weighted by molar-refractivity contribution is 5.79. The predicted molar refractivity (Wildman–Crippen MR) is 119 cm³/mol. The van der Waals surface area contributed by atoms with Crippen LogP contribution in [0.5, 0.6) is 0 Å². The van der Waals surface area contributed by atoms with E-state index in [0.29, 0.717) is 5.92 Å². The first-order valence-electron chi connectivity index (χ1n) is 10.3. The molecule has 142 valence electrons. The number of aromatic amines is 1. The maximum atomic E-state index is 4.60. The van der Waals surface area contributed by atoms with Gasteiger partial charge in [-0.25, -0.2) is 4.98 Å². The van der Waals surface area contributed by atoms with Crippen LogP contribution in [0.3, 0.4) is 0 Å². The van der Waals surface area contributed by atoms with E-state index in [1.807, 2.05) is 6.33 Å². The van der Waals surface area contributed by atoms with Crippen molar-refractivity contribution in [3.63, 3.8) is 0 Å². The molecule has 4 rings (SSSR count). The summed E-state index contributed by atoms with van der Waals surface area (Å²) >= 11 is 0. The molecular weight excluding hydrogens is 340 g/mol. The molecule has 1 heterocycles. The van der Waals surface area contributed by atoms with Crippen molar-refractivity contribution in [1.82, 2.24) is 9.97 Å². The normalized spacial score (nSPS) is 11.4. The molecule has 0 aliphatic heterocycles. The second kappa shape index (κ2) is 8.43. The highest BCUT2D eigenvalue weighted by Crippen LogP contribution is 2.27. The van der Waals surface area contributed by atoms with E-state index in [9.17, 15) is 0 Å². The van der Waals surface area contributed by atoms with Gasteiger partial charge in [0.15, 0.2) is 0 Å². The highest BCUT2D eigenvalue weighted by Gasteiger charge is 2.12. The Labute approximate surface area is 167 Å². The third-order valence-corrected chi connectivity index (χ3v) is 5.40. The SMILES string of the molecule is CC(C)Cc1c(CCCc2ccccc2-c2ccccc2)ccc2[nH]cnc12. The van der Waals surface area contributed by atoms with Gasteiger partial charge in [0.2, 0.25) is 0 Å². The predicted octanol–water partition coefficient (Wildman–Crippen LogP) is 6.60. The highest BCUT2D eigenvalue weighted by atomic mass is 14.9.